The average molecular weight is 391 g/mol. The monoisotopic (exact) mass is 391 g/mol. The van der Waals surface area contributed by atoms with Gasteiger partial charge in [0, 0.05) is 5.56 Å². The third-order valence-electron chi connectivity index (χ3n) is 4.10. The van der Waals surface area contributed by atoms with Crippen molar-refractivity contribution >= 4 is 25.1 Å². The topological polar surface area (TPSA) is 140 Å². The number of H-pyrrole nitrogens is 1. The Labute approximate surface area is 154 Å². The van der Waals surface area contributed by atoms with E-state index in [-0.39, 0.29) is 37.6 Å². The number of anilines is 1. The number of imidazole rings is 1. The van der Waals surface area contributed by atoms with Gasteiger partial charge in [0.15, 0.2) is 16.9 Å². The van der Waals surface area contributed by atoms with Gasteiger partial charge in [0.1, 0.15) is 19.5 Å². The van der Waals surface area contributed by atoms with Gasteiger partial charge in [-0.1, -0.05) is 11.6 Å². The third kappa shape index (κ3) is 3.65. The van der Waals surface area contributed by atoms with Crippen LogP contribution < -0.4 is 20.7 Å². The first-order valence-electron chi connectivity index (χ1n) is 8.25. The van der Waals surface area contributed by atoms with Crippen molar-refractivity contribution in [3.05, 3.63) is 46.0 Å². The van der Waals surface area contributed by atoms with E-state index in [9.17, 15) is 9.69 Å². The highest BCUT2D eigenvalue weighted by Gasteiger charge is 2.36. The van der Waals surface area contributed by atoms with E-state index in [1.54, 1.807) is 6.07 Å². The molecule has 2 aromatic heterocycles. The lowest BCUT2D eigenvalue weighted by molar-refractivity contribution is -0.214. The largest absolute Gasteiger partial charge is 0.624 e. The standard InChI is InChI=1S/C16H18N5O5P/c1-10-2-3-12-11(6-10)7-25-27(23,26-12)5-4-24-9-21-8-18-13-14(21)19-16(17)20-15(13)22/h2-3,6,8H,4-5,7,9H2,1H3,(H3,17,19,20,22). The van der Waals surface area contributed by atoms with Crippen LogP contribution in [0, 0.1) is 6.92 Å². The first kappa shape index (κ1) is 17.9. The second-order valence-electron chi connectivity index (χ2n) is 6.19. The number of nitrogen functional groups attached to an aromatic ring is 1. The minimum Gasteiger partial charge on any atom is -0.624 e. The van der Waals surface area contributed by atoms with Crippen LogP contribution in [-0.4, -0.2) is 32.3 Å². The summed E-state index contributed by atoms with van der Waals surface area (Å²) in [6.07, 6.45) is 1.53. The molecule has 0 amide bonds. The zero-order valence-corrected chi connectivity index (χ0v) is 15.4. The summed E-state index contributed by atoms with van der Waals surface area (Å²) < 4.78 is 18.1. The minimum atomic E-state index is -3.27. The maximum atomic E-state index is 12.7. The Morgan fingerprint density at radius 2 is 2.33 bits per heavy atom. The Hall–Kier alpha value is -2.52. The van der Waals surface area contributed by atoms with Crippen molar-refractivity contribution in [2.75, 3.05) is 18.5 Å². The van der Waals surface area contributed by atoms with Crippen LogP contribution in [0.2, 0.25) is 0 Å². The SMILES string of the molecule is Cc1ccc2c(c1)CO[P+]([O-])(CCOCn1cnc3c(=O)[nH]c(N)nc31)O2. The lowest BCUT2D eigenvalue weighted by Crippen LogP contribution is -2.27. The molecule has 0 fully saturated rings. The van der Waals surface area contributed by atoms with Crippen LogP contribution in [0.3, 0.4) is 0 Å². The molecular weight excluding hydrogens is 373 g/mol. The van der Waals surface area contributed by atoms with Gasteiger partial charge in [0.2, 0.25) is 5.95 Å². The number of nitrogens with zero attached hydrogens (tertiary/aromatic N) is 3. The molecule has 3 heterocycles. The molecule has 11 heteroatoms. The molecule has 0 spiro atoms. The van der Waals surface area contributed by atoms with Crippen molar-refractivity contribution in [1.29, 1.82) is 0 Å². The van der Waals surface area contributed by atoms with Crippen LogP contribution in [0.15, 0.2) is 29.3 Å². The van der Waals surface area contributed by atoms with E-state index in [1.165, 1.54) is 10.9 Å². The van der Waals surface area contributed by atoms with Gasteiger partial charge in [-0.2, -0.15) is 9.51 Å². The van der Waals surface area contributed by atoms with Crippen molar-refractivity contribution in [1.82, 2.24) is 19.5 Å². The van der Waals surface area contributed by atoms with Crippen LogP contribution in [0.5, 0.6) is 5.75 Å². The summed E-state index contributed by atoms with van der Waals surface area (Å²) in [5.41, 5.74) is 7.58. The van der Waals surface area contributed by atoms with Crippen LogP contribution in [0.4, 0.5) is 5.95 Å². The summed E-state index contributed by atoms with van der Waals surface area (Å²) in [5, 5.41) is 0. The molecule has 0 radical (unpaired) electrons. The number of benzene rings is 1. The highest BCUT2D eigenvalue weighted by Crippen LogP contribution is 2.56. The van der Waals surface area contributed by atoms with Crippen LogP contribution in [0.1, 0.15) is 11.1 Å². The Morgan fingerprint density at radius 1 is 1.48 bits per heavy atom. The Bertz CT molecular complexity index is 1050. The molecule has 27 heavy (non-hydrogen) atoms. The van der Waals surface area contributed by atoms with Gasteiger partial charge in [-0.25, -0.2) is 4.98 Å². The van der Waals surface area contributed by atoms with Crippen molar-refractivity contribution in [3.63, 3.8) is 0 Å². The summed E-state index contributed by atoms with van der Waals surface area (Å²) in [4.78, 5) is 34.9. The summed E-state index contributed by atoms with van der Waals surface area (Å²) >= 11 is 0. The third-order valence-corrected chi connectivity index (χ3v) is 5.83. The molecule has 1 atom stereocenters. The number of hydrogen-bond donors (Lipinski definition) is 2. The lowest BCUT2D eigenvalue weighted by atomic mass is 10.1. The molecule has 0 aliphatic carbocycles. The molecule has 4 rings (SSSR count). The number of aryl methyl sites for hydroxylation is 1. The lowest BCUT2D eigenvalue weighted by Gasteiger charge is -2.32. The molecule has 1 aliphatic rings. The summed E-state index contributed by atoms with van der Waals surface area (Å²) in [5.74, 6) is 0.575. The Balaban J connectivity index is 1.37. The number of nitrogens with one attached hydrogen (secondary N) is 1. The predicted octanol–water partition coefficient (Wildman–Crippen LogP) is 0.716. The second kappa shape index (κ2) is 6.90. The van der Waals surface area contributed by atoms with Crippen LogP contribution in [0.25, 0.3) is 11.2 Å². The smallest absolute Gasteiger partial charge is 0.287 e. The summed E-state index contributed by atoms with van der Waals surface area (Å²) in [7, 11) is -3.27. The minimum absolute atomic E-state index is 0.00315. The van der Waals surface area contributed by atoms with E-state index in [4.69, 9.17) is 19.5 Å². The maximum absolute atomic E-state index is 12.7. The molecule has 10 nitrogen and oxygen atoms in total. The molecule has 0 saturated heterocycles. The van der Waals surface area contributed by atoms with Crippen molar-refractivity contribution in [2.24, 2.45) is 0 Å². The number of ether oxygens (including phenoxy) is 1. The quantitative estimate of drug-likeness (QED) is 0.479. The average Bonchev–Trinajstić information content (AvgIpc) is 3.02. The fourth-order valence-corrected chi connectivity index (χ4v) is 4.21. The van der Waals surface area contributed by atoms with Crippen molar-refractivity contribution < 1.29 is 18.7 Å². The van der Waals surface area contributed by atoms with Crippen LogP contribution >= 0.6 is 7.94 Å². The number of aromatic amines is 1. The van der Waals surface area contributed by atoms with Gasteiger partial charge < -0.3 is 19.9 Å². The molecule has 1 aromatic carbocycles. The fourth-order valence-electron chi connectivity index (χ4n) is 2.77. The number of nitrogens with two attached hydrogens (primary N) is 1. The molecule has 142 valence electrons. The van der Waals surface area contributed by atoms with Gasteiger partial charge in [-0.15, -0.1) is 0 Å². The number of fused-ring (bicyclic) bond motifs is 2. The number of hydrogen-bond acceptors (Lipinski definition) is 8. The first-order chi connectivity index (χ1) is 12.9. The molecule has 3 aromatic rings. The van der Waals surface area contributed by atoms with Crippen LogP contribution in [-0.2, 0) is 22.6 Å². The number of aromatic nitrogens is 4. The molecular formula is C16H18N5O5P. The highest BCUT2D eigenvalue weighted by molar-refractivity contribution is 7.59. The molecule has 0 saturated carbocycles. The van der Waals surface area contributed by atoms with Gasteiger partial charge in [-0.05, 0) is 19.1 Å². The van der Waals surface area contributed by atoms with E-state index >= 15 is 0 Å². The van der Waals surface area contributed by atoms with E-state index in [0.717, 1.165) is 11.1 Å². The van der Waals surface area contributed by atoms with E-state index in [2.05, 4.69) is 15.0 Å². The molecule has 3 N–H and O–H groups in total. The predicted molar refractivity (Wildman–Crippen MR) is 96.9 cm³/mol. The highest BCUT2D eigenvalue weighted by atomic mass is 31.2. The van der Waals surface area contributed by atoms with Gasteiger partial charge in [-0.3, -0.25) is 14.3 Å². The fraction of sp³-hybridized carbons (Fsp3) is 0.312. The van der Waals surface area contributed by atoms with Gasteiger partial charge >= 0.3 is 0 Å². The summed E-state index contributed by atoms with van der Waals surface area (Å²) in [6.45, 7) is 2.42. The molecule has 1 unspecified atom stereocenters. The molecule has 0 bridgehead atoms. The zero-order chi connectivity index (χ0) is 19.0. The van der Waals surface area contributed by atoms with E-state index < -0.39 is 13.5 Å². The second-order valence-corrected chi connectivity index (χ2v) is 8.30. The maximum Gasteiger partial charge on any atom is 0.287 e. The number of rotatable bonds is 5. The zero-order valence-electron chi connectivity index (χ0n) is 14.5. The Morgan fingerprint density at radius 3 is 3.19 bits per heavy atom. The van der Waals surface area contributed by atoms with Gasteiger partial charge in [0.25, 0.3) is 13.5 Å². The normalized spacial score (nSPS) is 19.0. The summed E-state index contributed by atoms with van der Waals surface area (Å²) in [6, 6.07) is 5.64. The Kier molecular flexibility index (Phi) is 4.56. The van der Waals surface area contributed by atoms with Gasteiger partial charge in [0.05, 0.1) is 12.9 Å². The molecule has 1 aliphatic heterocycles. The van der Waals surface area contributed by atoms with E-state index in [0.29, 0.717) is 11.4 Å². The van der Waals surface area contributed by atoms with Crippen molar-refractivity contribution in [2.45, 2.75) is 20.3 Å². The van der Waals surface area contributed by atoms with Crippen molar-refractivity contribution in [3.8, 4) is 5.75 Å². The van der Waals surface area contributed by atoms with E-state index in [1.807, 2.05) is 19.1 Å². The first-order valence-corrected chi connectivity index (χ1v) is 9.97.